The summed E-state index contributed by atoms with van der Waals surface area (Å²) < 4.78 is 25.7. The van der Waals surface area contributed by atoms with Gasteiger partial charge in [-0.05, 0) is 30.3 Å². The number of hydrogen-bond donors (Lipinski definition) is 1. The quantitative estimate of drug-likeness (QED) is 0.756. The van der Waals surface area contributed by atoms with Gasteiger partial charge in [0, 0.05) is 28.7 Å². The normalized spacial score (nSPS) is 14.9. The van der Waals surface area contributed by atoms with Crippen molar-refractivity contribution >= 4 is 49.6 Å². The summed E-state index contributed by atoms with van der Waals surface area (Å²) in [6.45, 7) is 0.957. The fourth-order valence-corrected chi connectivity index (χ4v) is 4.40. The van der Waals surface area contributed by atoms with E-state index in [4.69, 9.17) is 11.6 Å². The molecule has 0 saturated heterocycles. The molecular weight excluding hydrogens is 346 g/mol. The number of nitrogens with one attached hydrogen (secondary N) is 1. The molecule has 3 aromatic rings. The molecular formula is C17H16ClN3O2S. The van der Waals surface area contributed by atoms with Crippen LogP contribution in [0, 0.1) is 0 Å². The minimum Gasteiger partial charge on any atom is -0.361 e. The highest BCUT2D eigenvalue weighted by molar-refractivity contribution is 7.92. The first-order valence-electron chi connectivity index (χ1n) is 7.56. The van der Waals surface area contributed by atoms with Gasteiger partial charge in [0.15, 0.2) is 0 Å². The Balaban J connectivity index is 1.92. The van der Waals surface area contributed by atoms with Crippen LogP contribution in [0.2, 0.25) is 5.02 Å². The molecule has 2 heterocycles. The molecule has 0 radical (unpaired) electrons. The van der Waals surface area contributed by atoms with Crippen LogP contribution in [0.3, 0.4) is 0 Å². The van der Waals surface area contributed by atoms with Crippen molar-refractivity contribution in [2.24, 2.45) is 0 Å². The van der Waals surface area contributed by atoms with Gasteiger partial charge in [-0.15, -0.1) is 0 Å². The summed E-state index contributed by atoms with van der Waals surface area (Å²) in [5.41, 5.74) is 3.48. The highest BCUT2D eigenvalue weighted by atomic mass is 35.5. The van der Waals surface area contributed by atoms with E-state index >= 15 is 0 Å². The predicted molar refractivity (Wildman–Crippen MR) is 98.9 cm³/mol. The Bertz CT molecular complexity index is 1030. The number of benzene rings is 2. The third kappa shape index (κ3) is 2.42. The van der Waals surface area contributed by atoms with Gasteiger partial charge in [0.1, 0.15) is 0 Å². The van der Waals surface area contributed by atoms with Gasteiger partial charge in [-0.3, -0.25) is 4.31 Å². The number of halogens is 1. The molecule has 0 bridgehead atoms. The lowest BCUT2D eigenvalue weighted by Gasteiger charge is -2.37. The first-order valence-corrected chi connectivity index (χ1v) is 9.79. The number of para-hydroxylation sites is 2. The van der Waals surface area contributed by atoms with Gasteiger partial charge >= 0.3 is 0 Å². The number of sulfonamides is 1. The van der Waals surface area contributed by atoms with Gasteiger partial charge < -0.3 is 9.88 Å². The van der Waals surface area contributed by atoms with E-state index in [-0.39, 0.29) is 0 Å². The molecule has 24 heavy (non-hydrogen) atoms. The summed E-state index contributed by atoms with van der Waals surface area (Å²) in [7, 11) is -3.31. The molecule has 5 nitrogen and oxygen atoms in total. The van der Waals surface area contributed by atoms with E-state index in [0.717, 1.165) is 22.3 Å². The maximum absolute atomic E-state index is 12.1. The molecule has 0 aliphatic carbocycles. The van der Waals surface area contributed by atoms with Gasteiger partial charge in [0.2, 0.25) is 10.0 Å². The summed E-state index contributed by atoms with van der Waals surface area (Å²) in [6, 6.07) is 13.4. The summed E-state index contributed by atoms with van der Waals surface area (Å²) in [5, 5.41) is 1.70. The average molecular weight is 362 g/mol. The Morgan fingerprint density at radius 2 is 1.79 bits per heavy atom. The van der Waals surface area contributed by atoms with Crippen molar-refractivity contribution in [2.75, 3.05) is 28.6 Å². The van der Waals surface area contributed by atoms with Crippen LogP contribution >= 0.6 is 11.6 Å². The van der Waals surface area contributed by atoms with Crippen LogP contribution in [0.15, 0.2) is 48.7 Å². The molecule has 0 spiro atoms. The Kier molecular flexibility index (Phi) is 3.47. The monoisotopic (exact) mass is 361 g/mol. The van der Waals surface area contributed by atoms with E-state index in [2.05, 4.69) is 9.88 Å². The molecule has 124 valence electrons. The molecule has 0 unspecified atom stereocenters. The SMILES string of the molecule is CS(=O)(=O)N1CCN(c2cc(Cl)cc3[nH]ccc23)c2ccccc21. The minimum atomic E-state index is -3.31. The third-order valence-electron chi connectivity index (χ3n) is 4.27. The lowest BCUT2D eigenvalue weighted by Crippen LogP contribution is -2.41. The van der Waals surface area contributed by atoms with Gasteiger partial charge in [-0.1, -0.05) is 23.7 Å². The van der Waals surface area contributed by atoms with Crippen molar-refractivity contribution < 1.29 is 8.42 Å². The number of H-pyrrole nitrogens is 1. The standard InChI is InChI=1S/C17H16ClN3O2S/c1-24(22,23)21-9-8-20(15-4-2-3-5-16(15)21)17-11-12(18)10-14-13(17)6-7-19-14/h2-7,10-11,19H,8-9H2,1H3. The Morgan fingerprint density at radius 3 is 2.54 bits per heavy atom. The summed E-state index contributed by atoms with van der Waals surface area (Å²) >= 11 is 6.28. The van der Waals surface area contributed by atoms with Gasteiger partial charge in [0.05, 0.1) is 29.9 Å². The molecule has 1 aliphatic heterocycles. The summed E-state index contributed by atoms with van der Waals surface area (Å²) in [5.74, 6) is 0. The van der Waals surface area contributed by atoms with Crippen LogP contribution in [0.4, 0.5) is 17.1 Å². The van der Waals surface area contributed by atoms with Crippen LogP contribution in [-0.4, -0.2) is 32.7 Å². The summed E-state index contributed by atoms with van der Waals surface area (Å²) in [4.78, 5) is 5.30. The maximum Gasteiger partial charge on any atom is 0.232 e. The van der Waals surface area contributed by atoms with Crippen molar-refractivity contribution in [3.63, 3.8) is 0 Å². The van der Waals surface area contributed by atoms with E-state index in [1.165, 1.54) is 10.6 Å². The number of hydrogen-bond acceptors (Lipinski definition) is 3. The molecule has 2 aromatic carbocycles. The second-order valence-electron chi connectivity index (χ2n) is 5.84. The summed E-state index contributed by atoms with van der Waals surface area (Å²) in [6.07, 6.45) is 3.12. The zero-order chi connectivity index (χ0) is 16.9. The Hall–Kier alpha value is -2.18. The molecule has 1 aliphatic rings. The largest absolute Gasteiger partial charge is 0.361 e. The maximum atomic E-state index is 12.1. The van der Waals surface area contributed by atoms with Crippen molar-refractivity contribution in [2.45, 2.75) is 0 Å². The van der Waals surface area contributed by atoms with Gasteiger partial charge in [-0.2, -0.15) is 0 Å². The minimum absolute atomic E-state index is 0.397. The first-order chi connectivity index (χ1) is 11.4. The van der Waals surface area contributed by atoms with Crippen LogP contribution in [-0.2, 0) is 10.0 Å². The van der Waals surface area contributed by atoms with E-state index in [0.29, 0.717) is 23.8 Å². The number of anilines is 3. The lowest BCUT2D eigenvalue weighted by atomic mass is 10.1. The van der Waals surface area contributed by atoms with E-state index in [1.54, 1.807) is 0 Å². The van der Waals surface area contributed by atoms with Crippen molar-refractivity contribution in [1.29, 1.82) is 0 Å². The fraction of sp³-hybridized carbons (Fsp3) is 0.176. The zero-order valence-corrected chi connectivity index (χ0v) is 14.6. The Labute approximate surface area is 145 Å². The van der Waals surface area contributed by atoms with Crippen LogP contribution in [0.5, 0.6) is 0 Å². The smallest absolute Gasteiger partial charge is 0.232 e. The highest BCUT2D eigenvalue weighted by Crippen LogP contribution is 2.41. The topological polar surface area (TPSA) is 56.4 Å². The molecule has 1 N–H and O–H groups in total. The molecule has 0 amide bonds. The fourth-order valence-electron chi connectivity index (χ4n) is 3.27. The number of aromatic nitrogens is 1. The molecule has 4 rings (SSSR count). The van der Waals surface area contributed by atoms with Crippen LogP contribution in [0.25, 0.3) is 10.9 Å². The Morgan fingerprint density at radius 1 is 1.04 bits per heavy atom. The third-order valence-corrected chi connectivity index (χ3v) is 5.67. The van der Waals surface area contributed by atoms with E-state index in [1.807, 2.05) is 48.7 Å². The molecule has 7 heteroatoms. The first kappa shape index (κ1) is 15.4. The van der Waals surface area contributed by atoms with Crippen molar-refractivity contribution in [1.82, 2.24) is 4.98 Å². The zero-order valence-electron chi connectivity index (χ0n) is 13.0. The number of rotatable bonds is 2. The average Bonchev–Trinajstić information content (AvgIpc) is 3.00. The van der Waals surface area contributed by atoms with Crippen LogP contribution < -0.4 is 9.21 Å². The van der Waals surface area contributed by atoms with Crippen molar-refractivity contribution in [3.8, 4) is 0 Å². The van der Waals surface area contributed by atoms with Gasteiger partial charge in [-0.25, -0.2) is 8.42 Å². The second kappa shape index (κ2) is 5.43. The van der Waals surface area contributed by atoms with E-state index < -0.39 is 10.0 Å². The highest BCUT2D eigenvalue weighted by Gasteiger charge is 2.29. The predicted octanol–water partition coefficient (Wildman–Crippen LogP) is 3.74. The number of nitrogens with zero attached hydrogens (tertiary/aromatic N) is 2. The van der Waals surface area contributed by atoms with E-state index in [9.17, 15) is 8.42 Å². The molecule has 0 atom stereocenters. The van der Waals surface area contributed by atoms with Gasteiger partial charge in [0.25, 0.3) is 0 Å². The second-order valence-corrected chi connectivity index (χ2v) is 8.18. The molecule has 0 fully saturated rings. The number of aromatic amines is 1. The van der Waals surface area contributed by atoms with Crippen LogP contribution in [0.1, 0.15) is 0 Å². The molecule has 1 aromatic heterocycles. The van der Waals surface area contributed by atoms with Crippen molar-refractivity contribution in [3.05, 3.63) is 53.7 Å². The lowest BCUT2D eigenvalue weighted by molar-refractivity contribution is 0.595. The molecule has 0 saturated carbocycles. The number of fused-ring (bicyclic) bond motifs is 2.